The molecule has 1 aromatic heterocycles. The lowest BCUT2D eigenvalue weighted by molar-refractivity contribution is 0.633. The third-order valence-corrected chi connectivity index (χ3v) is 3.81. The third kappa shape index (κ3) is 2.67. The van der Waals surface area contributed by atoms with Crippen LogP contribution < -0.4 is 5.73 Å². The first-order valence-electron chi connectivity index (χ1n) is 7.09. The second-order valence-corrected chi connectivity index (χ2v) is 5.47. The highest BCUT2D eigenvalue weighted by Gasteiger charge is 2.14. The van der Waals surface area contributed by atoms with Crippen LogP contribution in [0, 0.1) is 13.8 Å². The normalized spacial score (nSPS) is 12.6. The van der Waals surface area contributed by atoms with Gasteiger partial charge in [-0.2, -0.15) is 0 Å². The molecular formula is C17H24N2. The molecule has 2 nitrogen and oxygen atoms in total. The van der Waals surface area contributed by atoms with E-state index >= 15 is 0 Å². The van der Waals surface area contributed by atoms with E-state index in [0.29, 0.717) is 5.92 Å². The molecule has 0 amide bonds. The molecule has 1 atom stereocenters. The number of hydrogen-bond donors (Lipinski definition) is 1. The van der Waals surface area contributed by atoms with E-state index in [1.54, 1.807) is 0 Å². The Morgan fingerprint density at radius 2 is 1.89 bits per heavy atom. The Balaban J connectivity index is 2.55. The van der Waals surface area contributed by atoms with Crippen molar-refractivity contribution in [2.24, 2.45) is 0 Å². The van der Waals surface area contributed by atoms with Gasteiger partial charge in [-0.25, -0.2) is 0 Å². The average molecular weight is 256 g/mol. The van der Waals surface area contributed by atoms with Gasteiger partial charge in [-0.1, -0.05) is 26.3 Å². The van der Waals surface area contributed by atoms with Crippen molar-refractivity contribution in [1.29, 1.82) is 0 Å². The molecular weight excluding hydrogens is 232 g/mol. The lowest BCUT2D eigenvalue weighted by Gasteiger charge is -2.19. The summed E-state index contributed by atoms with van der Waals surface area (Å²) in [6.45, 7) is 8.84. The highest BCUT2D eigenvalue weighted by atomic mass is 15.0. The van der Waals surface area contributed by atoms with Gasteiger partial charge in [0.2, 0.25) is 0 Å². The van der Waals surface area contributed by atoms with Crippen LogP contribution in [0.2, 0.25) is 0 Å². The monoisotopic (exact) mass is 256 g/mol. The molecule has 0 spiro atoms. The van der Waals surface area contributed by atoms with Crippen LogP contribution in [0.15, 0.2) is 30.3 Å². The Morgan fingerprint density at radius 3 is 2.58 bits per heavy atom. The minimum absolute atomic E-state index is 0.569. The minimum Gasteiger partial charge on any atom is -0.399 e. The number of hydrogen-bond acceptors (Lipinski definition) is 1. The van der Waals surface area contributed by atoms with Gasteiger partial charge in [0.05, 0.1) is 5.69 Å². The summed E-state index contributed by atoms with van der Waals surface area (Å²) in [5.41, 5.74) is 11.9. The Morgan fingerprint density at radius 1 is 1.16 bits per heavy atom. The summed E-state index contributed by atoms with van der Waals surface area (Å²) >= 11 is 0. The summed E-state index contributed by atoms with van der Waals surface area (Å²) in [5.74, 6) is 0.569. The SMILES string of the molecule is CCCC(C)c1ccc(C)n1-c1cc(N)ccc1C. The van der Waals surface area contributed by atoms with Crippen molar-refractivity contribution < 1.29 is 0 Å². The molecule has 0 bridgehead atoms. The van der Waals surface area contributed by atoms with Crippen molar-refractivity contribution in [3.63, 3.8) is 0 Å². The second-order valence-electron chi connectivity index (χ2n) is 5.47. The summed E-state index contributed by atoms with van der Waals surface area (Å²) < 4.78 is 2.35. The fourth-order valence-corrected chi connectivity index (χ4v) is 2.72. The van der Waals surface area contributed by atoms with Gasteiger partial charge in [0.25, 0.3) is 0 Å². The van der Waals surface area contributed by atoms with E-state index in [0.717, 1.165) is 5.69 Å². The highest BCUT2D eigenvalue weighted by Crippen LogP contribution is 2.28. The number of aromatic nitrogens is 1. The van der Waals surface area contributed by atoms with Crippen LogP contribution in [0.4, 0.5) is 5.69 Å². The van der Waals surface area contributed by atoms with Crippen molar-refractivity contribution in [2.75, 3.05) is 5.73 Å². The Hall–Kier alpha value is -1.70. The molecule has 2 rings (SSSR count). The van der Waals surface area contributed by atoms with Crippen LogP contribution in [0.25, 0.3) is 5.69 Å². The summed E-state index contributed by atoms with van der Waals surface area (Å²) in [6, 6.07) is 10.6. The molecule has 0 aliphatic carbocycles. The van der Waals surface area contributed by atoms with Crippen LogP contribution in [0.1, 0.15) is 49.6 Å². The molecule has 1 aromatic carbocycles. The number of nitrogens with two attached hydrogens (primary N) is 1. The Kier molecular flexibility index (Phi) is 3.98. The fraction of sp³-hybridized carbons (Fsp3) is 0.412. The molecule has 0 radical (unpaired) electrons. The number of aryl methyl sites for hydroxylation is 2. The third-order valence-electron chi connectivity index (χ3n) is 3.81. The molecule has 102 valence electrons. The lowest BCUT2D eigenvalue weighted by Crippen LogP contribution is -2.07. The van der Waals surface area contributed by atoms with E-state index in [1.165, 1.54) is 35.5 Å². The number of nitrogen functional groups attached to an aromatic ring is 1. The van der Waals surface area contributed by atoms with Crippen LogP contribution >= 0.6 is 0 Å². The first-order chi connectivity index (χ1) is 9.04. The van der Waals surface area contributed by atoms with E-state index in [2.05, 4.69) is 56.5 Å². The number of nitrogens with zero attached hydrogens (tertiary/aromatic N) is 1. The van der Waals surface area contributed by atoms with Gasteiger partial charge in [-0.3, -0.25) is 0 Å². The van der Waals surface area contributed by atoms with Crippen molar-refractivity contribution >= 4 is 5.69 Å². The van der Waals surface area contributed by atoms with E-state index in [4.69, 9.17) is 5.73 Å². The van der Waals surface area contributed by atoms with Crippen molar-refractivity contribution in [1.82, 2.24) is 4.57 Å². The zero-order valence-corrected chi connectivity index (χ0v) is 12.4. The van der Waals surface area contributed by atoms with Crippen LogP contribution in [-0.4, -0.2) is 4.57 Å². The van der Waals surface area contributed by atoms with Gasteiger partial charge < -0.3 is 10.3 Å². The van der Waals surface area contributed by atoms with Gasteiger partial charge in [-0.15, -0.1) is 0 Å². The molecule has 1 unspecified atom stereocenters. The largest absolute Gasteiger partial charge is 0.399 e. The van der Waals surface area contributed by atoms with Crippen LogP contribution in [0.3, 0.4) is 0 Å². The number of rotatable bonds is 4. The molecule has 0 aliphatic heterocycles. The van der Waals surface area contributed by atoms with E-state index in [-0.39, 0.29) is 0 Å². The summed E-state index contributed by atoms with van der Waals surface area (Å²) in [6.07, 6.45) is 2.42. The zero-order chi connectivity index (χ0) is 14.0. The maximum absolute atomic E-state index is 5.96. The van der Waals surface area contributed by atoms with Crippen LogP contribution in [-0.2, 0) is 0 Å². The van der Waals surface area contributed by atoms with Crippen LogP contribution in [0.5, 0.6) is 0 Å². The predicted molar refractivity (Wildman–Crippen MR) is 83.0 cm³/mol. The minimum atomic E-state index is 0.569. The molecule has 19 heavy (non-hydrogen) atoms. The molecule has 2 N–H and O–H groups in total. The topological polar surface area (TPSA) is 30.9 Å². The highest BCUT2D eigenvalue weighted by molar-refractivity contribution is 5.54. The van der Waals surface area contributed by atoms with E-state index < -0.39 is 0 Å². The summed E-state index contributed by atoms with van der Waals surface area (Å²) in [5, 5.41) is 0. The number of benzene rings is 1. The molecule has 2 heteroatoms. The van der Waals surface area contributed by atoms with Gasteiger partial charge in [0.15, 0.2) is 0 Å². The lowest BCUT2D eigenvalue weighted by atomic mass is 10.0. The van der Waals surface area contributed by atoms with Gasteiger partial charge >= 0.3 is 0 Å². The van der Waals surface area contributed by atoms with E-state index in [9.17, 15) is 0 Å². The maximum Gasteiger partial charge on any atom is 0.0504 e. The molecule has 0 fully saturated rings. The fourth-order valence-electron chi connectivity index (χ4n) is 2.72. The average Bonchev–Trinajstić information content (AvgIpc) is 2.74. The van der Waals surface area contributed by atoms with Gasteiger partial charge in [0.1, 0.15) is 0 Å². The summed E-state index contributed by atoms with van der Waals surface area (Å²) in [7, 11) is 0. The Labute approximate surface area is 116 Å². The zero-order valence-electron chi connectivity index (χ0n) is 12.4. The smallest absolute Gasteiger partial charge is 0.0504 e. The summed E-state index contributed by atoms with van der Waals surface area (Å²) in [4.78, 5) is 0. The second kappa shape index (κ2) is 5.52. The van der Waals surface area contributed by atoms with Gasteiger partial charge in [-0.05, 0) is 56.0 Å². The van der Waals surface area contributed by atoms with E-state index in [1.807, 2.05) is 6.07 Å². The molecule has 0 saturated carbocycles. The molecule has 2 aromatic rings. The molecule has 0 saturated heterocycles. The number of anilines is 1. The standard InChI is InChI=1S/C17H24N2/c1-5-6-12(2)16-10-8-14(4)19(16)17-11-15(18)9-7-13(17)3/h7-12H,5-6,18H2,1-4H3. The van der Waals surface area contributed by atoms with Crippen molar-refractivity contribution in [3.8, 4) is 5.69 Å². The molecule has 0 aliphatic rings. The maximum atomic E-state index is 5.96. The molecule has 1 heterocycles. The van der Waals surface area contributed by atoms with Crippen molar-refractivity contribution in [2.45, 2.75) is 46.5 Å². The van der Waals surface area contributed by atoms with Crippen molar-refractivity contribution in [3.05, 3.63) is 47.3 Å². The first kappa shape index (κ1) is 13.7. The first-order valence-corrected chi connectivity index (χ1v) is 7.09. The Bertz CT molecular complexity index is 567. The quantitative estimate of drug-likeness (QED) is 0.797. The predicted octanol–water partition coefficient (Wildman–Crippen LogP) is 4.58. The van der Waals surface area contributed by atoms with Gasteiger partial charge in [0, 0.05) is 17.1 Å².